The standard InChI is InChI=1S/C21H20N4O5/c26-19(24-8-10-29-11-9-24)14-30-16-5-3-4-15(12-16)13-22-25-20(27)17-6-1-2-7-18(17)23-21(25)28/h1-7,12-13H,8-11,14H2,(H,23,28). The van der Waals surface area contributed by atoms with E-state index in [1.165, 1.54) is 6.21 Å². The third-order valence-corrected chi connectivity index (χ3v) is 4.69. The summed E-state index contributed by atoms with van der Waals surface area (Å²) in [4.78, 5) is 41.2. The van der Waals surface area contributed by atoms with E-state index in [4.69, 9.17) is 9.47 Å². The van der Waals surface area contributed by atoms with Crippen LogP contribution in [-0.2, 0) is 9.53 Å². The molecule has 1 N–H and O–H groups in total. The van der Waals surface area contributed by atoms with Crippen LogP contribution in [0.25, 0.3) is 10.9 Å². The Bertz CT molecular complexity index is 1210. The molecule has 1 aliphatic heterocycles. The van der Waals surface area contributed by atoms with Crippen LogP contribution in [0.4, 0.5) is 0 Å². The third-order valence-electron chi connectivity index (χ3n) is 4.69. The number of hydrogen-bond donors (Lipinski definition) is 1. The van der Waals surface area contributed by atoms with Crippen LogP contribution in [0.2, 0.25) is 0 Å². The average molecular weight is 408 g/mol. The van der Waals surface area contributed by atoms with Gasteiger partial charge in [0.2, 0.25) is 0 Å². The zero-order chi connectivity index (χ0) is 20.9. The lowest BCUT2D eigenvalue weighted by Crippen LogP contribution is -2.42. The molecule has 0 radical (unpaired) electrons. The zero-order valence-electron chi connectivity index (χ0n) is 16.1. The Morgan fingerprint density at radius 3 is 2.77 bits per heavy atom. The lowest BCUT2D eigenvalue weighted by atomic mass is 10.2. The van der Waals surface area contributed by atoms with E-state index in [0.717, 1.165) is 4.68 Å². The van der Waals surface area contributed by atoms with Gasteiger partial charge in [0.05, 0.1) is 30.3 Å². The molecule has 4 rings (SSSR count). The Kier molecular flexibility index (Phi) is 5.71. The molecule has 0 unspecified atom stereocenters. The molecule has 1 aromatic heterocycles. The number of nitrogens with one attached hydrogen (secondary N) is 1. The second-order valence-corrected chi connectivity index (χ2v) is 6.69. The third kappa shape index (κ3) is 4.31. The number of amides is 1. The predicted octanol–water partition coefficient (Wildman–Crippen LogP) is 0.810. The molecule has 30 heavy (non-hydrogen) atoms. The number of aromatic nitrogens is 2. The summed E-state index contributed by atoms with van der Waals surface area (Å²) in [6.07, 6.45) is 1.39. The first-order chi connectivity index (χ1) is 14.6. The number of ether oxygens (including phenoxy) is 2. The fourth-order valence-corrected chi connectivity index (χ4v) is 3.12. The molecular formula is C21H20N4O5. The van der Waals surface area contributed by atoms with E-state index in [-0.39, 0.29) is 12.5 Å². The number of H-pyrrole nitrogens is 1. The first kappa shape index (κ1) is 19.6. The normalized spacial score (nSPS) is 14.3. The first-order valence-electron chi connectivity index (χ1n) is 9.48. The minimum Gasteiger partial charge on any atom is -0.484 e. The molecule has 1 aliphatic rings. The highest BCUT2D eigenvalue weighted by Gasteiger charge is 2.17. The van der Waals surface area contributed by atoms with Crippen LogP contribution in [0, 0.1) is 0 Å². The van der Waals surface area contributed by atoms with E-state index in [9.17, 15) is 14.4 Å². The molecule has 0 atom stereocenters. The van der Waals surface area contributed by atoms with Crippen LogP contribution in [0.15, 0.2) is 63.2 Å². The second-order valence-electron chi connectivity index (χ2n) is 6.69. The van der Waals surface area contributed by atoms with Crippen molar-refractivity contribution in [1.82, 2.24) is 14.6 Å². The lowest BCUT2D eigenvalue weighted by molar-refractivity contribution is -0.137. The number of carbonyl (C=O) groups is 1. The fraction of sp³-hybridized carbons (Fsp3) is 0.238. The summed E-state index contributed by atoms with van der Waals surface area (Å²) in [6.45, 7) is 2.11. The number of nitrogens with zero attached hydrogens (tertiary/aromatic N) is 3. The van der Waals surface area contributed by atoms with Gasteiger partial charge < -0.3 is 19.4 Å². The van der Waals surface area contributed by atoms with E-state index in [2.05, 4.69) is 10.1 Å². The van der Waals surface area contributed by atoms with Crippen molar-refractivity contribution in [3.63, 3.8) is 0 Å². The van der Waals surface area contributed by atoms with Crippen LogP contribution in [0.1, 0.15) is 5.56 Å². The number of benzene rings is 2. The van der Waals surface area contributed by atoms with Crippen molar-refractivity contribution in [2.24, 2.45) is 5.10 Å². The Hall–Kier alpha value is -3.72. The molecule has 9 nitrogen and oxygen atoms in total. The smallest absolute Gasteiger partial charge is 0.349 e. The maximum Gasteiger partial charge on any atom is 0.349 e. The van der Waals surface area contributed by atoms with E-state index in [1.54, 1.807) is 53.4 Å². The minimum absolute atomic E-state index is 0.0790. The summed E-state index contributed by atoms with van der Waals surface area (Å²) in [5.41, 5.74) is -0.0577. The summed E-state index contributed by atoms with van der Waals surface area (Å²) >= 11 is 0. The van der Waals surface area contributed by atoms with Crippen molar-refractivity contribution in [2.45, 2.75) is 0 Å². The van der Waals surface area contributed by atoms with Crippen LogP contribution in [0.5, 0.6) is 5.75 Å². The number of rotatable bonds is 5. The molecule has 1 fully saturated rings. The molecule has 3 aromatic rings. The molecule has 0 saturated carbocycles. The van der Waals surface area contributed by atoms with Gasteiger partial charge in [-0.25, -0.2) is 4.79 Å². The largest absolute Gasteiger partial charge is 0.484 e. The first-order valence-corrected chi connectivity index (χ1v) is 9.48. The van der Waals surface area contributed by atoms with Crippen LogP contribution in [0.3, 0.4) is 0 Å². The van der Waals surface area contributed by atoms with Gasteiger partial charge in [0.1, 0.15) is 5.75 Å². The van der Waals surface area contributed by atoms with Crippen molar-refractivity contribution in [3.8, 4) is 5.75 Å². The van der Waals surface area contributed by atoms with Gasteiger partial charge in [-0.15, -0.1) is 4.68 Å². The van der Waals surface area contributed by atoms with Gasteiger partial charge in [-0.1, -0.05) is 24.3 Å². The maximum atomic E-state index is 12.5. The highest BCUT2D eigenvalue weighted by atomic mass is 16.5. The van der Waals surface area contributed by atoms with Gasteiger partial charge >= 0.3 is 5.69 Å². The van der Waals surface area contributed by atoms with Crippen molar-refractivity contribution in [3.05, 3.63) is 74.9 Å². The molecule has 0 aliphatic carbocycles. The highest BCUT2D eigenvalue weighted by Crippen LogP contribution is 2.12. The second kappa shape index (κ2) is 8.75. The van der Waals surface area contributed by atoms with E-state index < -0.39 is 11.2 Å². The molecule has 2 heterocycles. The predicted molar refractivity (Wildman–Crippen MR) is 111 cm³/mol. The number of carbonyl (C=O) groups excluding carboxylic acids is 1. The summed E-state index contributed by atoms with van der Waals surface area (Å²) in [5.74, 6) is 0.381. The SMILES string of the molecule is O=C(COc1cccc(C=Nn2c(=O)[nH]c3ccccc3c2=O)c1)N1CCOCC1. The molecular weight excluding hydrogens is 388 g/mol. The molecule has 0 spiro atoms. The number of fused-ring (bicyclic) bond motifs is 1. The summed E-state index contributed by atoms with van der Waals surface area (Å²) in [5, 5.41) is 4.39. The Labute approximate surface area is 171 Å². The minimum atomic E-state index is -0.626. The van der Waals surface area contributed by atoms with Gasteiger partial charge in [0.15, 0.2) is 6.61 Å². The van der Waals surface area contributed by atoms with Crippen molar-refractivity contribution >= 4 is 23.0 Å². The maximum absolute atomic E-state index is 12.5. The van der Waals surface area contributed by atoms with Gasteiger partial charge in [-0.2, -0.15) is 5.10 Å². The van der Waals surface area contributed by atoms with Crippen molar-refractivity contribution < 1.29 is 14.3 Å². The van der Waals surface area contributed by atoms with Crippen LogP contribution >= 0.6 is 0 Å². The van der Waals surface area contributed by atoms with E-state index >= 15 is 0 Å². The quantitative estimate of drug-likeness (QED) is 0.629. The Balaban J connectivity index is 1.49. The number of hydrogen-bond acceptors (Lipinski definition) is 6. The lowest BCUT2D eigenvalue weighted by Gasteiger charge is -2.26. The van der Waals surface area contributed by atoms with E-state index in [1.807, 2.05) is 0 Å². The topological polar surface area (TPSA) is 106 Å². The fourth-order valence-electron chi connectivity index (χ4n) is 3.12. The molecule has 154 valence electrons. The monoisotopic (exact) mass is 408 g/mol. The zero-order valence-corrected chi connectivity index (χ0v) is 16.1. The van der Waals surface area contributed by atoms with Gasteiger partial charge in [-0.3, -0.25) is 9.59 Å². The van der Waals surface area contributed by atoms with Crippen LogP contribution in [-0.4, -0.2) is 59.6 Å². The average Bonchev–Trinajstić information content (AvgIpc) is 2.78. The summed E-state index contributed by atoms with van der Waals surface area (Å²) < 4.78 is 11.6. The number of morpholine rings is 1. The Morgan fingerprint density at radius 1 is 1.13 bits per heavy atom. The van der Waals surface area contributed by atoms with Gasteiger partial charge in [-0.05, 0) is 29.8 Å². The number of aromatic amines is 1. The molecule has 2 aromatic carbocycles. The molecule has 1 amide bonds. The summed E-state index contributed by atoms with van der Waals surface area (Å²) in [7, 11) is 0. The van der Waals surface area contributed by atoms with Crippen LogP contribution < -0.4 is 16.0 Å². The van der Waals surface area contributed by atoms with Crippen molar-refractivity contribution in [2.75, 3.05) is 32.9 Å². The molecule has 0 bridgehead atoms. The van der Waals surface area contributed by atoms with E-state index in [0.29, 0.717) is 48.5 Å². The summed E-state index contributed by atoms with van der Waals surface area (Å²) in [6, 6.07) is 13.6. The van der Waals surface area contributed by atoms with Gasteiger partial charge in [0.25, 0.3) is 11.5 Å². The Morgan fingerprint density at radius 2 is 1.93 bits per heavy atom. The molecule has 9 heteroatoms. The molecule has 1 saturated heterocycles. The highest BCUT2D eigenvalue weighted by molar-refractivity contribution is 5.81. The number of para-hydroxylation sites is 1. The van der Waals surface area contributed by atoms with Crippen molar-refractivity contribution in [1.29, 1.82) is 0 Å². The van der Waals surface area contributed by atoms with Gasteiger partial charge in [0, 0.05) is 13.1 Å².